The lowest BCUT2D eigenvalue weighted by molar-refractivity contribution is 0.0180. The highest BCUT2D eigenvalue weighted by Gasteiger charge is 2.18. The SMILES string of the molecule is COCCOCCOCCOc1ccc(C(=O)c2cc(C)c(C(=O)c3ccc(OCCOCCOCCOC)cc3)cc2C)cc1. The van der Waals surface area contributed by atoms with E-state index in [-0.39, 0.29) is 11.6 Å². The zero-order valence-corrected chi connectivity index (χ0v) is 27.3. The van der Waals surface area contributed by atoms with Gasteiger partial charge in [-0.25, -0.2) is 0 Å². The van der Waals surface area contributed by atoms with Crippen molar-refractivity contribution in [3.8, 4) is 11.5 Å². The molecule has 0 spiro atoms. The average Bonchev–Trinajstić information content (AvgIpc) is 3.07. The molecule has 0 bridgehead atoms. The van der Waals surface area contributed by atoms with Crippen molar-refractivity contribution in [2.24, 2.45) is 0 Å². The van der Waals surface area contributed by atoms with Crippen molar-refractivity contribution in [2.45, 2.75) is 13.8 Å². The average molecular weight is 639 g/mol. The van der Waals surface area contributed by atoms with Gasteiger partial charge in [0.15, 0.2) is 11.6 Å². The Bertz CT molecular complexity index is 1220. The molecule has 0 saturated heterocycles. The topological polar surface area (TPSA) is 108 Å². The quantitative estimate of drug-likeness (QED) is 0.0995. The molecule has 3 aromatic carbocycles. The van der Waals surface area contributed by atoms with Gasteiger partial charge in [0.25, 0.3) is 0 Å². The Morgan fingerprint density at radius 1 is 0.457 bits per heavy atom. The van der Waals surface area contributed by atoms with Crippen molar-refractivity contribution in [3.63, 3.8) is 0 Å². The minimum Gasteiger partial charge on any atom is -0.491 e. The van der Waals surface area contributed by atoms with Crippen molar-refractivity contribution in [1.82, 2.24) is 0 Å². The molecule has 250 valence electrons. The first kappa shape index (κ1) is 36.8. The van der Waals surface area contributed by atoms with Crippen molar-refractivity contribution in [1.29, 1.82) is 0 Å². The number of rotatable bonds is 24. The number of benzene rings is 3. The molecular weight excluding hydrogens is 592 g/mol. The van der Waals surface area contributed by atoms with Gasteiger partial charge in [0.1, 0.15) is 24.7 Å². The molecule has 3 aromatic rings. The first-order valence-electron chi connectivity index (χ1n) is 15.4. The van der Waals surface area contributed by atoms with Gasteiger partial charge in [0.05, 0.1) is 66.1 Å². The van der Waals surface area contributed by atoms with Crippen LogP contribution in [0.2, 0.25) is 0 Å². The van der Waals surface area contributed by atoms with Crippen LogP contribution in [0.4, 0.5) is 0 Å². The van der Waals surface area contributed by atoms with E-state index in [2.05, 4.69) is 0 Å². The first-order valence-corrected chi connectivity index (χ1v) is 15.4. The van der Waals surface area contributed by atoms with E-state index < -0.39 is 0 Å². The molecule has 0 aliphatic rings. The number of ketones is 2. The van der Waals surface area contributed by atoms with Crippen LogP contribution in [0.25, 0.3) is 0 Å². The molecule has 0 fully saturated rings. The Morgan fingerprint density at radius 2 is 0.761 bits per heavy atom. The van der Waals surface area contributed by atoms with E-state index in [0.29, 0.717) is 113 Å². The molecule has 46 heavy (non-hydrogen) atoms. The minimum atomic E-state index is -0.118. The van der Waals surface area contributed by atoms with Crippen LogP contribution in [0.15, 0.2) is 60.7 Å². The predicted octanol–water partition coefficient (Wildman–Crippen LogP) is 4.88. The van der Waals surface area contributed by atoms with Crippen molar-refractivity contribution >= 4 is 11.6 Å². The number of hydrogen-bond acceptors (Lipinski definition) is 10. The molecular formula is C36H46O10. The van der Waals surface area contributed by atoms with Crippen LogP contribution in [0, 0.1) is 13.8 Å². The molecule has 0 saturated carbocycles. The second kappa shape index (κ2) is 21.2. The fraction of sp³-hybridized carbons (Fsp3) is 0.444. The summed E-state index contributed by atoms with van der Waals surface area (Å²) in [5.41, 5.74) is 3.63. The highest BCUT2D eigenvalue weighted by atomic mass is 16.6. The lowest BCUT2D eigenvalue weighted by Crippen LogP contribution is -2.12. The summed E-state index contributed by atoms with van der Waals surface area (Å²) in [7, 11) is 3.26. The Hall–Kier alpha value is -3.64. The van der Waals surface area contributed by atoms with Gasteiger partial charge < -0.3 is 37.9 Å². The van der Waals surface area contributed by atoms with Crippen LogP contribution >= 0.6 is 0 Å². The maximum Gasteiger partial charge on any atom is 0.193 e. The van der Waals surface area contributed by atoms with Crippen LogP contribution in [0.5, 0.6) is 11.5 Å². The highest BCUT2D eigenvalue weighted by molar-refractivity contribution is 6.13. The third-order valence-electron chi connectivity index (χ3n) is 6.89. The summed E-state index contributed by atoms with van der Waals surface area (Å²) in [5.74, 6) is 1.06. The molecule has 10 heteroatoms. The summed E-state index contributed by atoms with van der Waals surface area (Å²) in [5, 5.41) is 0. The van der Waals surface area contributed by atoms with Gasteiger partial charge in [-0.05, 0) is 85.6 Å². The van der Waals surface area contributed by atoms with E-state index in [1.807, 2.05) is 13.8 Å². The molecule has 0 aliphatic heterocycles. The molecule has 3 rings (SSSR count). The molecule has 0 atom stereocenters. The van der Waals surface area contributed by atoms with Gasteiger partial charge in [-0.3, -0.25) is 9.59 Å². The van der Waals surface area contributed by atoms with Crippen molar-refractivity contribution in [2.75, 3.05) is 93.5 Å². The second-order valence-corrected chi connectivity index (χ2v) is 10.3. The van der Waals surface area contributed by atoms with E-state index in [9.17, 15) is 9.59 Å². The number of carbonyl (C=O) groups is 2. The molecule has 0 radical (unpaired) electrons. The van der Waals surface area contributed by atoms with E-state index >= 15 is 0 Å². The normalized spacial score (nSPS) is 11.0. The van der Waals surface area contributed by atoms with Gasteiger partial charge in [0, 0.05) is 36.5 Å². The number of hydrogen-bond donors (Lipinski definition) is 0. The van der Waals surface area contributed by atoms with Gasteiger partial charge in [-0.1, -0.05) is 0 Å². The maximum absolute atomic E-state index is 13.3. The monoisotopic (exact) mass is 638 g/mol. The Balaban J connectivity index is 1.46. The molecule has 10 nitrogen and oxygen atoms in total. The Kier molecular flexibility index (Phi) is 17.0. The number of aryl methyl sites for hydroxylation is 2. The number of ether oxygens (including phenoxy) is 8. The van der Waals surface area contributed by atoms with Crippen LogP contribution in [-0.2, 0) is 28.4 Å². The summed E-state index contributed by atoms with van der Waals surface area (Å²) in [6.45, 7) is 9.48. The second-order valence-electron chi connectivity index (χ2n) is 10.3. The molecule has 0 unspecified atom stereocenters. The number of carbonyl (C=O) groups excluding carboxylic acids is 2. The zero-order chi connectivity index (χ0) is 33.0. The Labute approximate surface area is 271 Å². The zero-order valence-electron chi connectivity index (χ0n) is 27.3. The minimum absolute atomic E-state index is 0.118. The van der Waals surface area contributed by atoms with Crippen LogP contribution < -0.4 is 9.47 Å². The van der Waals surface area contributed by atoms with Crippen LogP contribution in [0.3, 0.4) is 0 Å². The fourth-order valence-corrected chi connectivity index (χ4v) is 4.39. The largest absolute Gasteiger partial charge is 0.491 e. The standard InChI is InChI=1S/C36H46O10/c1-27-25-34(36(38)30-7-11-32(12-8-30)46-24-22-44-20-18-42-16-14-40-4)28(2)26-33(27)35(37)29-5-9-31(10-6-29)45-23-21-43-19-17-41-15-13-39-3/h5-12,25-26H,13-24H2,1-4H3. The van der Waals surface area contributed by atoms with Crippen molar-refractivity contribution in [3.05, 3.63) is 94.0 Å². The van der Waals surface area contributed by atoms with Gasteiger partial charge >= 0.3 is 0 Å². The third-order valence-corrected chi connectivity index (χ3v) is 6.89. The molecule has 0 heterocycles. The molecule has 0 aliphatic carbocycles. The lowest BCUT2D eigenvalue weighted by atomic mass is 9.91. The van der Waals surface area contributed by atoms with Crippen molar-refractivity contribution < 1.29 is 47.5 Å². The molecule has 0 N–H and O–H groups in total. The maximum atomic E-state index is 13.3. The molecule has 0 aromatic heterocycles. The predicted molar refractivity (Wildman–Crippen MR) is 174 cm³/mol. The summed E-state index contributed by atoms with van der Waals surface area (Å²) in [6, 6.07) is 17.6. The summed E-state index contributed by atoms with van der Waals surface area (Å²) < 4.78 is 42.9. The molecule has 0 amide bonds. The fourth-order valence-electron chi connectivity index (χ4n) is 4.39. The third kappa shape index (κ3) is 12.6. The van der Waals surface area contributed by atoms with E-state index in [4.69, 9.17) is 37.9 Å². The van der Waals surface area contributed by atoms with Crippen LogP contribution in [-0.4, -0.2) is 105 Å². The number of methoxy groups -OCH3 is 2. The first-order chi connectivity index (χ1) is 22.4. The summed E-state index contributed by atoms with van der Waals surface area (Å²) in [6.07, 6.45) is 0. The van der Waals surface area contributed by atoms with Gasteiger partial charge in [-0.15, -0.1) is 0 Å². The lowest BCUT2D eigenvalue weighted by Gasteiger charge is -2.12. The highest BCUT2D eigenvalue weighted by Crippen LogP contribution is 2.24. The van der Waals surface area contributed by atoms with Crippen LogP contribution in [0.1, 0.15) is 43.0 Å². The summed E-state index contributed by atoms with van der Waals surface area (Å²) >= 11 is 0. The van der Waals surface area contributed by atoms with E-state index in [1.165, 1.54) is 0 Å². The Morgan fingerprint density at radius 3 is 1.09 bits per heavy atom. The summed E-state index contributed by atoms with van der Waals surface area (Å²) in [4.78, 5) is 26.7. The van der Waals surface area contributed by atoms with E-state index in [1.54, 1.807) is 74.9 Å². The van der Waals surface area contributed by atoms with Gasteiger partial charge in [-0.2, -0.15) is 0 Å². The van der Waals surface area contributed by atoms with Gasteiger partial charge in [0.2, 0.25) is 0 Å². The smallest absolute Gasteiger partial charge is 0.193 e. The van der Waals surface area contributed by atoms with E-state index in [0.717, 1.165) is 11.1 Å².